The van der Waals surface area contributed by atoms with Crippen molar-refractivity contribution < 1.29 is 17.9 Å². The number of amides is 1. The fourth-order valence-corrected chi connectivity index (χ4v) is 1.63. The van der Waals surface area contributed by atoms with E-state index in [1.54, 1.807) is 0 Å². The Balaban J connectivity index is 2.99. The molecule has 1 amide bonds. The van der Waals surface area contributed by atoms with E-state index in [2.05, 4.69) is 5.32 Å². The summed E-state index contributed by atoms with van der Waals surface area (Å²) in [4.78, 5) is 10.7. The molecule has 82 valence electrons. The largest absolute Gasteiger partial charge is 0.412 e. The maximum absolute atomic E-state index is 10.9. The fraction of sp³-hybridized carbons (Fsp3) is 0.125. The molecule has 0 heterocycles. The molecule has 0 saturated heterocycles. The van der Waals surface area contributed by atoms with Crippen LogP contribution in [0.1, 0.15) is 0 Å². The smallest absolute Gasteiger partial charge is 0.410 e. The van der Waals surface area contributed by atoms with Gasteiger partial charge in [-0.25, -0.2) is 13.2 Å². The first-order chi connectivity index (χ1) is 6.93. The summed E-state index contributed by atoms with van der Waals surface area (Å²) in [5.41, 5.74) is 0. The maximum Gasteiger partial charge on any atom is 0.412 e. The lowest BCUT2D eigenvalue weighted by Crippen LogP contribution is -2.22. The van der Waals surface area contributed by atoms with Crippen molar-refractivity contribution in [2.24, 2.45) is 0 Å². The van der Waals surface area contributed by atoms with E-state index < -0.39 is 15.1 Å². The molecule has 1 N–H and O–H groups in total. The zero-order chi connectivity index (χ0) is 11.5. The van der Waals surface area contributed by atoms with Crippen LogP contribution in [0.15, 0.2) is 29.2 Å². The Kier molecular flexibility index (Phi) is 3.54. The van der Waals surface area contributed by atoms with Gasteiger partial charge >= 0.3 is 6.09 Å². The van der Waals surface area contributed by atoms with Gasteiger partial charge in [-0.3, -0.25) is 0 Å². The number of halogens is 1. The summed E-state index contributed by atoms with van der Waals surface area (Å²) in [7, 11) is 2.70. The second-order valence-corrected chi connectivity index (χ2v) is 5.12. The lowest BCUT2D eigenvalue weighted by Gasteiger charge is -2.03. The average Bonchev–Trinajstić information content (AvgIpc) is 2.17. The molecule has 0 saturated carbocycles. The molecular weight excluding hydrogens is 242 g/mol. The molecule has 0 atom stereocenters. The molecule has 0 fully saturated rings. The summed E-state index contributed by atoms with van der Waals surface area (Å²) in [6, 6.07) is 5.34. The average molecular weight is 250 g/mol. The van der Waals surface area contributed by atoms with Crippen LogP contribution in [0.4, 0.5) is 4.79 Å². The number of benzene rings is 1. The molecule has 0 aliphatic carbocycles. The Hall–Kier alpha value is -1.27. The van der Waals surface area contributed by atoms with Gasteiger partial charge in [-0.1, -0.05) is 6.07 Å². The molecular formula is C8H8ClNO4S. The fourth-order valence-electron chi connectivity index (χ4n) is 0.847. The monoisotopic (exact) mass is 249 g/mol. The quantitative estimate of drug-likeness (QED) is 0.803. The molecule has 0 aliphatic rings. The third-order valence-corrected chi connectivity index (χ3v) is 2.85. The van der Waals surface area contributed by atoms with Gasteiger partial charge in [-0.15, -0.1) is 0 Å². The molecule has 7 heteroatoms. The van der Waals surface area contributed by atoms with Crippen molar-refractivity contribution >= 4 is 25.8 Å². The zero-order valence-electron chi connectivity index (χ0n) is 7.73. The standard InChI is InChI=1S/C8H8ClNO4S/c1-10-8(11)14-6-3-2-4-7(5-6)15(9,12)13/h2-5H,1H3,(H,10,11). The molecule has 1 aromatic rings. The number of nitrogens with one attached hydrogen (secondary N) is 1. The minimum Gasteiger partial charge on any atom is -0.410 e. The van der Waals surface area contributed by atoms with Crippen LogP contribution in [0.25, 0.3) is 0 Å². The molecule has 0 radical (unpaired) electrons. The first-order valence-corrected chi connectivity index (χ1v) is 6.18. The van der Waals surface area contributed by atoms with Crippen LogP contribution in [-0.4, -0.2) is 21.6 Å². The van der Waals surface area contributed by atoms with Gasteiger partial charge < -0.3 is 10.1 Å². The summed E-state index contributed by atoms with van der Waals surface area (Å²) in [5.74, 6) is 0.107. The molecule has 0 spiro atoms. The highest BCUT2D eigenvalue weighted by Crippen LogP contribution is 2.20. The van der Waals surface area contributed by atoms with Crippen LogP contribution >= 0.6 is 10.7 Å². The highest BCUT2D eigenvalue weighted by molar-refractivity contribution is 8.13. The minimum absolute atomic E-state index is 0.107. The summed E-state index contributed by atoms with van der Waals surface area (Å²) in [6.45, 7) is 0. The maximum atomic E-state index is 10.9. The highest BCUT2D eigenvalue weighted by Gasteiger charge is 2.11. The van der Waals surface area contributed by atoms with E-state index >= 15 is 0 Å². The van der Waals surface area contributed by atoms with Gasteiger partial charge in [0.1, 0.15) is 5.75 Å². The van der Waals surface area contributed by atoms with Crippen molar-refractivity contribution in [1.29, 1.82) is 0 Å². The molecule has 15 heavy (non-hydrogen) atoms. The summed E-state index contributed by atoms with van der Waals surface area (Å²) in [5, 5.41) is 2.23. The van der Waals surface area contributed by atoms with E-state index in [0.29, 0.717) is 0 Å². The van der Waals surface area contributed by atoms with Crippen molar-refractivity contribution in [3.63, 3.8) is 0 Å². The molecule has 0 aliphatic heterocycles. The Labute approximate surface area is 91.4 Å². The van der Waals surface area contributed by atoms with Crippen LogP contribution in [0.5, 0.6) is 5.75 Å². The lowest BCUT2D eigenvalue weighted by atomic mass is 10.3. The van der Waals surface area contributed by atoms with Crippen molar-refractivity contribution in [2.45, 2.75) is 4.90 Å². The van der Waals surface area contributed by atoms with E-state index in [4.69, 9.17) is 15.4 Å². The second-order valence-electron chi connectivity index (χ2n) is 2.55. The van der Waals surface area contributed by atoms with Crippen LogP contribution < -0.4 is 10.1 Å². The van der Waals surface area contributed by atoms with E-state index in [1.807, 2.05) is 0 Å². The van der Waals surface area contributed by atoms with E-state index in [0.717, 1.165) is 6.07 Å². The molecule has 0 bridgehead atoms. The SMILES string of the molecule is CNC(=O)Oc1cccc(S(=O)(=O)Cl)c1. The summed E-state index contributed by atoms with van der Waals surface area (Å²) < 4.78 is 26.6. The minimum atomic E-state index is -3.81. The molecule has 5 nitrogen and oxygen atoms in total. The first kappa shape index (κ1) is 11.8. The predicted octanol–water partition coefficient (Wildman–Crippen LogP) is 1.33. The van der Waals surface area contributed by atoms with Crippen LogP contribution in [0.2, 0.25) is 0 Å². The van der Waals surface area contributed by atoms with E-state index in [9.17, 15) is 13.2 Å². The van der Waals surface area contributed by atoms with Crippen LogP contribution in [0, 0.1) is 0 Å². The predicted molar refractivity (Wildman–Crippen MR) is 54.6 cm³/mol. The number of ether oxygens (including phenoxy) is 1. The first-order valence-electron chi connectivity index (χ1n) is 3.88. The molecule has 1 aromatic carbocycles. The Morgan fingerprint density at radius 2 is 2.13 bits per heavy atom. The second kappa shape index (κ2) is 4.50. The number of rotatable bonds is 2. The van der Waals surface area contributed by atoms with Crippen molar-refractivity contribution in [2.75, 3.05) is 7.05 Å². The third kappa shape index (κ3) is 3.41. The zero-order valence-corrected chi connectivity index (χ0v) is 9.30. The van der Waals surface area contributed by atoms with Gasteiger partial charge in [0.2, 0.25) is 0 Å². The van der Waals surface area contributed by atoms with Gasteiger partial charge in [0.15, 0.2) is 0 Å². The van der Waals surface area contributed by atoms with Crippen molar-refractivity contribution in [1.82, 2.24) is 5.32 Å². The molecule has 1 rings (SSSR count). The number of carbonyl (C=O) groups excluding carboxylic acids is 1. The number of carbonyl (C=O) groups is 1. The topological polar surface area (TPSA) is 72.5 Å². The Morgan fingerprint density at radius 1 is 1.47 bits per heavy atom. The lowest BCUT2D eigenvalue weighted by molar-refractivity contribution is 0.203. The third-order valence-electron chi connectivity index (χ3n) is 1.50. The van der Waals surface area contributed by atoms with E-state index in [1.165, 1.54) is 25.2 Å². The van der Waals surface area contributed by atoms with Gasteiger partial charge in [0.25, 0.3) is 9.05 Å². The Bertz CT molecular complexity index is 471. The normalized spacial score (nSPS) is 10.8. The van der Waals surface area contributed by atoms with Gasteiger partial charge in [0, 0.05) is 23.8 Å². The van der Waals surface area contributed by atoms with Crippen molar-refractivity contribution in [3.05, 3.63) is 24.3 Å². The van der Waals surface area contributed by atoms with E-state index in [-0.39, 0.29) is 10.6 Å². The molecule has 0 unspecified atom stereocenters. The summed E-state index contributed by atoms with van der Waals surface area (Å²) >= 11 is 0. The van der Waals surface area contributed by atoms with Gasteiger partial charge in [0.05, 0.1) is 4.90 Å². The van der Waals surface area contributed by atoms with Crippen LogP contribution in [-0.2, 0) is 9.05 Å². The van der Waals surface area contributed by atoms with Gasteiger partial charge in [-0.05, 0) is 12.1 Å². The highest BCUT2D eigenvalue weighted by atomic mass is 35.7. The molecule has 0 aromatic heterocycles. The van der Waals surface area contributed by atoms with Gasteiger partial charge in [-0.2, -0.15) is 0 Å². The number of hydrogen-bond acceptors (Lipinski definition) is 4. The van der Waals surface area contributed by atoms with Crippen LogP contribution in [0.3, 0.4) is 0 Å². The Morgan fingerprint density at radius 3 is 2.67 bits per heavy atom. The number of hydrogen-bond donors (Lipinski definition) is 1. The summed E-state index contributed by atoms with van der Waals surface area (Å²) in [6.07, 6.45) is -0.681. The van der Waals surface area contributed by atoms with Crippen molar-refractivity contribution in [3.8, 4) is 5.75 Å².